The van der Waals surface area contributed by atoms with Crippen LogP contribution in [-0.4, -0.2) is 43.3 Å². The molecule has 1 N–H and O–H groups in total. The Hall–Kier alpha value is -2.49. The molecule has 2 aliphatic heterocycles. The Morgan fingerprint density at radius 2 is 2.07 bits per heavy atom. The first-order valence-electron chi connectivity index (χ1n) is 9.26. The number of sulfonamides is 1. The van der Waals surface area contributed by atoms with Crippen LogP contribution in [0.15, 0.2) is 46.8 Å². The molecule has 1 aromatic heterocycles. The third-order valence-corrected chi connectivity index (χ3v) is 8.08. The van der Waals surface area contributed by atoms with E-state index in [-0.39, 0.29) is 23.9 Å². The van der Waals surface area contributed by atoms with Crippen LogP contribution in [-0.2, 0) is 21.2 Å². The number of benzene rings is 2. The Kier molecular flexibility index (Phi) is 4.16. The lowest BCUT2D eigenvalue weighted by Crippen LogP contribution is -2.61. The maximum absolute atomic E-state index is 12.9. The second kappa shape index (κ2) is 6.51. The van der Waals surface area contributed by atoms with Crippen LogP contribution in [0.3, 0.4) is 0 Å². The molecule has 0 unspecified atom stereocenters. The van der Waals surface area contributed by atoms with Crippen LogP contribution < -0.4 is 10.1 Å². The number of carbonyl (C=O) groups excluding carboxylic acids is 1. The van der Waals surface area contributed by atoms with Crippen molar-refractivity contribution in [3.05, 3.63) is 47.5 Å². The molecule has 1 saturated heterocycles. The number of thiazole rings is 1. The summed E-state index contributed by atoms with van der Waals surface area (Å²) < 4.78 is 33.7. The summed E-state index contributed by atoms with van der Waals surface area (Å²) in [5.41, 5.74) is 3.39. The van der Waals surface area contributed by atoms with Crippen LogP contribution in [0.4, 0.5) is 5.69 Å². The van der Waals surface area contributed by atoms with Crippen LogP contribution in [0.25, 0.3) is 10.2 Å². The number of rotatable bonds is 4. The van der Waals surface area contributed by atoms with E-state index in [4.69, 9.17) is 4.74 Å². The highest BCUT2D eigenvalue weighted by Crippen LogP contribution is 2.37. The number of anilines is 1. The highest BCUT2D eigenvalue weighted by Gasteiger charge is 2.50. The fourth-order valence-corrected chi connectivity index (χ4v) is 6.13. The van der Waals surface area contributed by atoms with Gasteiger partial charge >= 0.3 is 0 Å². The number of hydrogen-bond acceptors (Lipinski definition) is 6. The van der Waals surface area contributed by atoms with Gasteiger partial charge in [0, 0.05) is 25.2 Å². The SMILES string of the molecule is CC1(C(=O)Nc2ccc3scnc3c2)CN(S(=O)(=O)c2ccc3c(c2)CCO3)C1. The molecule has 0 aliphatic carbocycles. The summed E-state index contributed by atoms with van der Waals surface area (Å²) in [4.78, 5) is 17.3. The highest BCUT2D eigenvalue weighted by atomic mass is 32.2. The van der Waals surface area contributed by atoms with E-state index in [1.165, 1.54) is 15.6 Å². The molecule has 5 rings (SSSR count). The van der Waals surface area contributed by atoms with Crippen molar-refractivity contribution < 1.29 is 17.9 Å². The maximum Gasteiger partial charge on any atom is 0.243 e. The Morgan fingerprint density at radius 1 is 1.24 bits per heavy atom. The molecule has 0 atom stereocenters. The van der Waals surface area contributed by atoms with Crippen LogP contribution in [0.1, 0.15) is 12.5 Å². The summed E-state index contributed by atoms with van der Waals surface area (Å²) >= 11 is 1.54. The molecule has 3 aromatic rings. The number of fused-ring (bicyclic) bond motifs is 2. The smallest absolute Gasteiger partial charge is 0.243 e. The van der Waals surface area contributed by atoms with Crippen LogP contribution in [0.5, 0.6) is 5.75 Å². The first kappa shape index (κ1) is 18.5. The fraction of sp³-hybridized carbons (Fsp3) is 0.300. The molecule has 150 valence electrons. The lowest BCUT2D eigenvalue weighted by atomic mass is 9.83. The quantitative estimate of drug-likeness (QED) is 0.689. The summed E-state index contributed by atoms with van der Waals surface area (Å²) in [7, 11) is -3.63. The average molecular weight is 430 g/mol. The Balaban J connectivity index is 1.29. The zero-order valence-corrected chi connectivity index (χ0v) is 17.3. The van der Waals surface area contributed by atoms with Gasteiger partial charge in [0.05, 0.1) is 32.6 Å². The summed E-state index contributed by atoms with van der Waals surface area (Å²) in [6.45, 7) is 2.65. The molecule has 2 aliphatic rings. The summed E-state index contributed by atoms with van der Waals surface area (Å²) in [6, 6.07) is 10.5. The van der Waals surface area contributed by atoms with Crippen molar-refractivity contribution in [1.82, 2.24) is 9.29 Å². The average Bonchev–Trinajstić information content (AvgIpc) is 3.33. The summed E-state index contributed by atoms with van der Waals surface area (Å²) in [5.74, 6) is 0.551. The zero-order chi connectivity index (χ0) is 20.2. The number of nitrogens with one attached hydrogen (secondary N) is 1. The van der Waals surface area contributed by atoms with Gasteiger partial charge < -0.3 is 10.1 Å². The number of amides is 1. The molecule has 0 saturated carbocycles. The number of carbonyl (C=O) groups is 1. The highest BCUT2D eigenvalue weighted by molar-refractivity contribution is 7.89. The fourth-order valence-electron chi connectivity index (χ4n) is 3.74. The Labute approximate surface area is 172 Å². The molecule has 1 fully saturated rings. The van der Waals surface area contributed by atoms with Gasteiger partial charge in [0.1, 0.15) is 5.75 Å². The van der Waals surface area contributed by atoms with Crippen LogP contribution in [0.2, 0.25) is 0 Å². The minimum atomic E-state index is -3.63. The molecule has 0 bridgehead atoms. The molecule has 2 aromatic carbocycles. The Bertz CT molecular complexity index is 1230. The van der Waals surface area contributed by atoms with Gasteiger partial charge in [-0.3, -0.25) is 4.79 Å². The molecule has 7 nitrogen and oxygen atoms in total. The second-order valence-electron chi connectivity index (χ2n) is 7.69. The predicted molar refractivity (Wildman–Crippen MR) is 111 cm³/mol. The molecule has 1 amide bonds. The van der Waals surface area contributed by atoms with Gasteiger partial charge in [0.15, 0.2) is 0 Å². The third kappa shape index (κ3) is 3.09. The number of ether oxygens (including phenoxy) is 1. The van der Waals surface area contributed by atoms with Gasteiger partial charge in [0.25, 0.3) is 0 Å². The maximum atomic E-state index is 12.9. The number of hydrogen-bond donors (Lipinski definition) is 1. The number of nitrogens with zero attached hydrogens (tertiary/aromatic N) is 2. The van der Waals surface area contributed by atoms with Crippen molar-refractivity contribution in [2.45, 2.75) is 18.2 Å². The third-order valence-electron chi connectivity index (χ3n) is 5.49. The van der Waals surface area contributed by atoms with Crippen molar-refractivity contribution in [2.75, 3.05) is 25.0 Å². The normalized spacial score (nSPS) is 18.1. The molecule has 3 heterocycles. The molecular weight excluding hydrogens is 410 g/mol. The first-order chi connectivity index (χ1) is 13.8. The number of aromatic nitrogens is 1. The van der Waals surface area contributed by atoms with Gasteiger partial charge in [0.2, 0.25) is 15.9 Å². The van der Waals surface area contributed by atoms with Crippen molar-refractivity contribution in [3.8, 4) is 5.75 Å². The standard InChI is InChI=1S/C20H19N3O4S2/c1-20(19(24)22-14-2-5-18-16(9-14)21-12-28-18)10-23(11-20)29(25,26)15-3-4-17-13(8-15)6-7-27-17/h2-5,8-9,12H,6-7,10-11H2,1H3,(H,22,24). The van der Waals surface area contributed by atoms with Gasteiger partial charge in [-0.25, -0.2) is 13.4 Å². The Morgan fingerprint density at radius 3 is 2.90 bits per heavy atom. The van der Waals surface area contributed by atoms with E-state index in [0.717, 1.165) is 21.5 Å². The lowest BCUT2D eigenvalue weighted by molar-refractivity contribution is -0.130. The minimum absolute atomic E-state index is 0.147. The molecule has 0 radical (unpaired) electrons. The lowest BCUT2D eigenvalue weighted by Gasteiger charge is -2.45. The molecular formula is C20H19N3O4S2. The van der Waals surface area contributed by atoms with E-state index in [2.05, 4.69) is 10.3 Å². The summed E-state index contributed by atoms with van der Waals surface area (Å²) in [5, 5.41) is 2.90. The van der Waals surface area contributed by atoms with E-state index in [1.54, 1.807) is 30.6 Å². The van der Waals surface area contributed by atoms with Crippen LogP contribution >= 0.6 is 11.3 Å². The van der Waals surface area contributed by atoms with Crippen LogP contribution in [0, 0.1) is 5.41 Å². The van der Waals surface area contributed by atoms with E-state index < -0.39 is 15.4 Å². The van der Waals surface area contributed by atoms with E-state index in [9.17, 15) is 13.2 Å². The van der Waals surface area contributed by atoms with Gasteiger partial charge in [-0.2, -0.15) is 4.31 Å². The zero-order valence-electron chi connectivity index (χ0n) is 15.7. The van der Waals surface area contributed by atoms with Crippen molar-refractivity contribution in [1.29, 1.82) is 0 Å². The molecule has 0 spiro atoms. The van der Waals surface area contributed by atoms with E-state index in [0.29, 0.717) is 18.7 Å². The van der Waals surface area contributed by atoms with E-state index >= 15 is 0 Å². The molecule has 9 heteroatoms. The largest absolute Gasteiger partial charge is 0.493 e. The van der Waals surface area contributed by atoms with Gasteiger partial charge in [-0.1, -0.05) is 0 Å². The van der Waals surface area contributed by atoms with Gasteiger partial charge in [-0.15, -0.1) is 11.3 Å². The second-order valence-corrected chi connectivity index (χ2v) is 10.5. The predicted octanol–water partition coefficient (Wildman–Crippen LogP) is 2.88. The molecule has 29 heavy (non-hydrogen) atoms. The van der Waals surface area contributed by atoms with Crippen molar-refractivity contribution in [3.63, 3.8) is 0 Å². The first-order valence-corrected chi connectivity index (χ1v) is 11.6. The monoisotopic (exact) mass is 429 g/mol. The van der Waals surface area contributed by atoms with Gasteiger partial charge in [-0.05, 0) is 48.9 Å². The summed E-state index contributed by atoms with van der Waals surface area (Å²) in [6.07, 6.45) is 0.710. The topological polar surface area (TPSA) is 88.6 Å². The van der Waals surface area contributed by atoms with E-state index in [1.807, 2.05) is 18.2 Å². The van der Waals surface area contributed by atoms with Crippen molar-refractivity contribution >= 4 is 43.2 Å². The van der Waals surface area contributed by atoms with Crippen molar-refractivity contribution in [2.24, 2.45) is 5.41 Å². The minimum Gasteiger partial charge on any atom is -0.493 e.